The fraction of sp³-hybridized carbons (Fsp3) is 0.800. The van der Waals surface area contributed by atoms with E-state index in [-0.39, 0.29) is 0 Å². The van der Waals surface area contributed by atoms with Gasteiger partial charge in [0, 0.05) is 18.8 Å². The average molecular weight is 245 g/mol. The Bertz CT molecular complexity index is 305. The predicted octanol–water partition coefficient (Wildman–Crippen LogP) is 0.679. The van der Waals surface area contributed by atoms with Crippen molar-refractivity contribution in [1.29, 1.82) is 0 Å². The fourth-order valence-electron chi connectivity index (χ4n) is 2.06. The third kappa shape index (κ3) is 3.69. The summed E-state index contributed by atoms with van der Waals surface area (Å²) in [7, 11) is 0. The summed E-state index contributed by atoms with van der Waals surface area (Å²) in [5, 5.41) is 11.0. The van der Waals surface area contributed by atoms with Gasteiger partial charge in [0.25, 0.3) is 6.04 Å². The van der Waals surface area contributed by atoms with E-state index in [0.29, 0.717) is 19.3 Å². The molecule has 1 aliphatic rings. The van der Waals surface area contributed by atoms with Gasteiger partial charge in [-0.2, -0.15) is 0 Å². The third-order valence-corrected chi connectivity index (χ3v) is 2.62. The smallest absolute Gasteiger partial charge is 0.303 e. The molecule has 96 valence electrons. The van der Waals surface area contributed by atoms with Gasteiger partial charge in [-0.15, -0.1) is 0 Å². The van der Waals surface area contributed by atoms with Crippen LogP contribution >= 0.6 is 0 Å². The van der Waals surface area contributed by atoms with Gasteiger partial charge >= 0.3 is 11.9 Å². The van der Waals surface area contributed by atoms with Gasteiger partial charge in [0.2, 0.25) is 0 Å². The number of rotatable bonds is 3. The minimum absolute atomic E-state index is 0.420. The van der Waals surface area contributed by atoms with Crippen molar-refractivity contribution in [1.82, 2.24) is 0 Å². The highest BCUT2D eigenvalue weighted by Crippen LogP contribution is 2.26. The zero-order valence-electron chi connectivity index (χ0n) is 9.75. The van der Waals surface area contributed by atoms with Crippen molar-refractivity contribution in [2.24, 2.45) is 0 Å². The van der Waals surface area contributed by atoms with Crippen LogP contribution in [0.4, 0.5) is 0 Å². The standard InChI is InChI=1S/C10H15NO6/c1-6(12)16-8-4-3-5-9(17-7(2)13)10(8)11(14)15/h8-10H,3-5H2,1-2H3/t8-,9+,10?. The van der Waals surface area contributed by atoms with Crippen molar-refractivity contribution in [2.45, 2.75) is 51.4 Å². The van der Waals surface area contributed by atoms with Crippen LogP contribution in [0.15, 0.2) is 0 Å². The minimum atomic E-state index is -1.17. The Morgan fingerprint density at radius 2 is 1.53 bits per heavy atom. The molecule has 0 spiro atoms. The Balaban J connectivity index is 2.79. The molecule has 0 amide bonds. The van der Waals surface area contributed by atoms with Gasteiger partial charge < -0.3 is 9.47 Å². The highest BCUT2D eigenvalue weighted by molar-refractivity contribution is 5.67. The Morgan fingerprint density at radius 1 is 1.12 bits per heavy atom. The van der Waals surface area contributed by atoms with E-state index >= 15 is 0 Å². The highest BCUT2D eigenvalue weighted by Gasteiger charge is 2.46. The summed E-state index contributed by atoms with van der Waals surface area (Å²) in [5.74, 6) is -1.13. The first-order valence-electron chi connectivity index (χ1n) is 5.39. The first-order chi connectivity index (χ1) is 7.91. The lowest BCUT2D eigenvalue weighted by Gasteiger charge is -2.30. The van der Waals surface area contributed by atoms with Gasteiger partial charge in [-0.3, -0.25) is 19.7 Å². The number of hydrogen-bond acceptors (Lipinski definition) is 6. The van der Waals surface area contributed by atoms with E-state index in [4.69, 9.17) is 9.47 Å². The van der Waals surface area contributed by atoms with E-state index in [2.05, 4.69) is 0 Å². The molecular weight excluding hydrogens is 230 g/mol. The first-order valence-corrected chi connectivity index (χ1v) is 5.39. The second-order valence-electron chi connectivity index (χ2n) is 4.00. The summed E-state index contributed by atoms with van der Waals surface area (Å²) in [5.41, 5.74) is 0. The number of hydrogen-bond donors (Lipinski definition) is 0. The van der Waals surface area contributed by atoms with E-state index in [1.807, 2.05) is 0 Å². The quantitative estimate of drug-likeness (QED) is 0.412. The second kappa shape index (κ2) is 5.60. The summed E-state index contributed by atoms with van der Waals surface area (Å²) in [6, 6.07) is -1.17. The van der Waals surface area contributed by atoms with Gasteiger partial charge in [-0.1, -0.05) is 0 Å². The Labute approximate surface area is 98.2 Å². The van der Waals surface area contributed by atoms with E-state index in [1.165, 1.54) is 13.8 Å². The van der Waals surface area contributed by atoms with Gasteiger partial charge in [0.05, 0.1) is 0 Å². The predicted molar refractivity (Wildman–Crippen MR) is 55.7 cm³/mol. The van der Waals surface area contributed by atoms with E-state index in [0.717, 1.165) is 0 Å². The Morgan fingerprint density at radius 3 is 1.82 bits per heavy atom. The van der Waals surface area contributed by atoms with Crippen molar-refractivity contribution in [2.75, 3.05) is 0 Å². The lowest BCUT2D eigenvalue weighted by molar-refractivity contribution is -0.548. The highest BCUT2D eigenvalue weighted by atomic mass is 16.6. The maximum Gasteiger partial charge on any atom is 0.303 e. The third-order valence-electron chi connectivity index (χ3n) is 2.62. The van der Waals surface area contributed by atoms with Crippen LogP contribution in [0, 0.1) is 10.1 Å². The van der Waals surface area contributed by atoms with Crippen molar-refractivity contribution in [3.8, 4) is 0 Å². The van der Waals surface area contributed by atoms with Crippen LogP contribution in [0.1, 0.15) is 33.1 Å². The van der Waals surface area contributed by atoms with Gasteiger partial charge in [0.1, 0.15) is 0 Å². The van der Waals surface area contributed by atoms with Crippen molar-refractivity contribution in [3.63, 3.8) is 0 Å². The van der Waals surface area contributed by atoms with Gasteiger partial charge in [0.15, 0.2) is 12.2 Å². The Kier molecular flexibility index (Phi) is 4.42. The summed E-state index contributed by atoms with van der Waals surface area (Å²) in [6.45, 7) is 2.40. The Hall–Kier alpha value is -1.66. The van der Waals surface area contributed by atoms with Crippen LogP contribution in [-0.2, 0) is 19.1 Å². The lowest BCUT2D eigenvalue weighted by Crippen LogP contribution is -2.50. The van der Waals surface area contributed by atoms with Crippen molar-refractivity contribution in [3.05, 3.63) is 10.1 Å². The molecule has 0 heterocycles. The summed E-state index contributed by atoms with van der Waals surface area (Å²) >= 11 is 0. The molecule has 0 N–H and O–H groups in total. The molecule has 7 nitrogen and oxygen atoms in total. The molecule has 7 heteroatoms. The number of carbonyl (C=O) groups excluding carboxylic acids is 2. The summed E-state index contributed by atoms with van der Waals surface area (Å²) in [6.07, 6.45) is -0.173. The molecule has 1 unspecified atom stereocenters. The van der Waals surface area contributed by atoms with Crippen molar-refractivity contribution >= 4 is 11.9 Å². The second-order valence-corrected chi connectivity index (χ2v) is 4.00. The van der Waals surface area contributed by atoms with Crippen molar-refractivity contribution < 1.29 is 24.0 Å². The molecule has 0 bridgehead atoms. The molecule has 1 saturated carbocycles. The zero-order chi connectivity index (χ0) is 13.0. The number of nitro groups is 1. The number of ether oxygens (including phenoxy) is 2. The van der Waals surface area contributed by atoms with Crippen LogP contribution in [0.25, 0.3) is 0 Å². The monoisotopic (exact) mass is 245 g/mol. The molecule has 1 fully saturated rings. The summed E-state index contributed by atoms with van der Waals surface area (Å²) in [4.78, 5) is 32.1. The van der Waals surface area contributed by atoms with Crippen LogP contribution in [0.5, 0.6) is 0 Å². The van der Waals surface area contributed by atoms with Crippen LogP contribution in [0.2, 0.25) is 0 Å². The first kappa shape index (κ1) is 13.4. The topological polar surface area (TPSA) is 95.7 Å². The fourth-order valence-corrected chi connectivity index (χ4v) is 2.06. The molecule has 0 aromatic carbocycles. The van der Waals surface area contributed by atoms with Crippen LogP contribution in [0.3, 0.4) is 0 Å². The molecule has 0 aromatic rings. The van der Waals surface area contributed by atoms with Crippen LogP contribution < -0.4 is 0 Å². The zero-order valence-corrected chi connectivity index (χ0v) is 9.75. The van der Waals surface area contributed by atoms with Gasteiger partial charge in [-0.05, 0) is 19.3 Å². The van der Waals surface area contributed by atoms with E-state index in [9.17, 15) is 19.7 Å². The summed E-state index contributed by atoms with van der Waals surface area (Å²) < 4.78 is 9.81. The molecule has 17 heavy (non-hydrogen) atoms. The van der Waals surface area contributed by atoms with Gasteiger partial charge in [-0.25, -0.2) is 0 Å². The lowest BCUT2D eigenvalue weighted by atomic mass is 9.90. The normalized spacial score (nSPS) is 28.2. The molecule has 1 rings (SSSR count). The molecule has 1 aliphatic carbocycles. The molecule has 0 radical (unpaired) electrons. The SMILES string of the molecule is CC(=O)O[C@H]1CCC[C@@H](OC(C)=O)C1[N+](=O)[O-]. The molecule has 0 saturated heterocycles. The average Bonchev–Trinajstić information content (AvgIpc) is 2.14. The van der Waals surface area contributed by atoms with E-state index in [1.54, 1.807) is 0 Å². The molecular formula is C10H15NO6. The number of nitrogens with zero attached hydrogens (tertiary/aromatic N) is 1. The van der Waals surface area contributed by atoms with E-state index < -0.39 is 35.1 Å². The number of carbonyl (C=O) groups is 2. The minimum Gasteiger partial charge on any atom is -0.455 e. The number of esters is 2. The molecule has 3 atom stereocenters. The molecule has 0 aromatic heterocycles. The van der Waals surface area contributed by atoms with Crippen LogP contribution in [-0.4, -0.2) is 35.1 Å². The molecule has 0 aliphatic heterocycles. The maximum atomic E-state index is 11.0. The largest absolute Gasteiger partial charge is 0.455 e. The maximum absolute atomic E-state index is 11.0.